The molecule has 0 aromatic heterocycles. The summed E-state index contributed by atoms with van der Waals surface area (Å²) >= 11 is 0. The average Bonchev–Trinajstić information content (AvgIpc) is 2.44. The Labute approximate surface area is 123 Å². The first-order valence-electron chi connectivity index (χ1n) is 7.70. The highest BCUT2D eigenvalue weighted by Gasteiger charge is 2.66. The molecular weight excluding hydrogens is 252 g/mol. The van der Waals surface area contributed by atoms with Crippen LogP contribution in [0.5, 0.6) is 0 Å². The zero-order valence-corrected chi connectivity index (χ0v) is 13.2. The van der Waals surface area contributed by atoms with Crippen LogP contribution in [0.3, 0.4) is 0 Å². The van der Waals surface area contributed by atoms with Crippen LogP contribution in [0.25, 0.3) is 0 Å². The molecule has 1 aliphatic heterocycles. The van der Waals surface area contributed by atoms with Crippen LogP contribution < -0.4 is 5.73 Å². The molecule has 2 aliphatic rings. The summed E-state index contributed by atoms with van der Waals surface area (Å²) in [5, 5.41) is 0. The van der Waals surface area contributed by atoms with E-state index in [1.54, 1.807) is 7.11 Å². The highest BCUT2D eigenvalue weighted by atomic mass is 16.5. The van der Waals surface area contributed by atoms with Crippen LogP contribution >= 0.6 is 0 Å². The van der Waals surface area contributed by atoms with Crippen molar-refractivity contribution in [1.82, 2.24) is 4.90 Å². The Bertz CT molecular complexity index is 345. The maximum absolute atomic E-state index is 6.84. The van der Waals surface area contributed by atoms with E-state index >= 15 is 0 Å². The summed E-state index contributed by atoms with van der Waals surface area (Å²) in [6.45, 7) is 12.6. The second-order valence-electron chi connectivity index (χ2n) is 6.82. The smallest absolute Gasteiger partial charge is 0.0690 e. The molecular formula is C16H30N2O2. The van der Waals surface area contributed by atoms with Gasteiger partial charge in [0.15, 0.2) is 0 Å². The summed E-state index contributed by atoms with van der Waals surface area (Å²) in [7, 11) is 1.74. The van der Waals surface area contributed by atoms with Crippen LogP contribution in [0.4, 0.5) is 0 Å². The van der Waals surface area contributed by atoms with Crippen LogP contribution in [0.15, 0.2) is 12.7 Å². The largest absolute Gasteiger partial charge is 0.383 e. The summed E-state index contributed by atoms with van der Waals surface area (Å²) < 4.78 is 11.2. The lowest BCUT2D eigenvalue weighted by Gasteiger charge is -2.67. The van der Waals surface area contributed by atoms with Crippen LogP contribution in [0.2, 0.25) is 0 Å². The summed E-state index contributed by atoms with van der Waals surface area (Å²) in [5.41, 5.74) is 6.70. The molecule has 1 heterocycles. The highest BCUT2D eigenvalue weighted by molar-refractivity contribution is 5.21. The van der Waals surface area contributed by atoms with Gasteiger partial charge in [0.2, 0.25) is 0 Å². The van der Waals surface area contributed by atoms with Crippen molar-refractivity contribution in [1.29, 1.82) is 0 Å². The van der Waals surface area contributed by atoms with Crippen molar-refractivity contribution in [3.63, 3.8) is 0 Å². The van der Waals surface area contributed by atoms with E-state index < -0.39 is 0 Å². The molecule has 116 valence electrons. The quantitative estimate of drug-likeness (QED) is 0.721. The maximum Gasteiger partial charge on any atom is 0.0690 e. The Kier molecular flexibility index (Phi) is 4.90. The predicted octanol–water partition coefficient (Wildman–Crippen LogP) is 1.65. The predicted molar refractivity (Wildman–Crippen MR) is 81.7 cm³/mol. The molecule has 2 rings (SSSR count). The summed E-state index contributed by atoms with van der Waals surface area (Å²) in [6, 6.07) is 0. The Hall–Kier alpha value is -0.420. The van der Waals surface area contributed by atoms with Gasteiger partial charge in [0.25, 0.3) is 0 Å². The van der Waals surface area contributed by atoms with Crippen molar-refractivity contribution in [2.24, 2.45) is 17.1 Å². The number of nitrogens with two attached hydrogens (primary N) is 1. The number of nitrogens with zero attached hydrogens (tertiary/aromatic N) is 1. The van der Waals surface area contributed by atoms with Crippen molar-refractivity contribution in [3.05, 3.63) is 12.7 Å². The van der Waals surface area contributed by atoms with Crippen LogP contribution in [0.1, 0.15) is 26.7 Å². The average molecular weight is 282 g/mol. The van der Waals surface area contributed by atoms with E-state index in [-0.39, 0.29) is 11.0 Å². The Morgan fingerprint density at radius 1 is 1.50 bits per heavy atom. The second kappa shape index (κ2) is 6.14. The molecule has 0 amide bonds. The maximum atomic E-state index is 6.84. The van der Waals surface area contributed by atoms with Crippen molar-refractivity contribution in [2.45, 2.75) is 38.3 Å². The first-order chi connectivity index (χ1) is 9.47. The van der Waals surface area contributed by atoms with E-state index in [1.807, 2.05) is 6.08 Å². The highest BCUT2D eigenvalue weighted by Crippen LogP contribution is 2.57. The van der Waals surface area contributed by atoms with Crippen molar-refractivity contribution < 1.29 is 9.47 Å². The molecule has 3 unspecified atom stereocenters. The fourth-order valence-electron chi connectivity index (χ4n) is 4.00. The summed E-state index contributed by atoms with van der Waals surface area (Å²) in [4.78, 5) is 2.35. The lowest BCUT2D eigenvalue weighted by Crippen LogP contribution is -2.80. The molecule has 0 spiro atoms. The van der Waals surface area contributed by atoms with Crippen LogP contribution in [0, 0.1) is 11.3 Å². The first kappa shape index (κ1) is 16.0. The summed E-state index contributed by atoms with van der Waals surface area (Å²) in [5.74, 6) is 0.487. The normalized spacial score (nSPS) is 35.5. The standard InChI is InChI=1S/C16H30N2O2/c1-5-8-18(9-11-19-4)12-16(17)13-7-6-10-20-14(13)15(16,2)3/h5,13-14H,1,6-12,17H2,2-4H3. The number of hydrogen-bond donors (Lipinski definition) is 1. The number of ether oxygens (including phenoxy) is 2. The number of methoxy groups -OCH3 is 1. The number of fused-ring (bicyclic) bond motifs is 1. The van der Waals surface area contributed by atoms with E-state index in [1.165, 1.54) is 6.42 Å². The van der Waals surface area contributed by atoms with E-state index in [0.29, 0.717) is 12.0 Å². The second-order valence-corrected chi connectivity index (χ2v) is 6.82. The lowest BCUT2D eigenvalue weighted by atomic mass is 9.46. The molecule has 2 N–H and O–H groups in total. The first-order valence-corrected chi connectivity index (χ1v) is 7.70. The van der Waals surface area contributed by atoms with Crippen molar-refractivity contribution in [2.75, 3.05) is 40.0 Å². The zero-order valence-electron chi connectivity index (χ0n) is 13.2. The topological polar surface area (TPSA) is 47.7 Å². The molecule has 3 atom stereocenters. The third kappa shape index (κ3) is 2.54. The van der Waals surface area contributed by atoms with Crippen LogP contribution in [-0.2, 0) is 9.47 Å². The van der Waals surface area contributed by atoms with Gasteiger partial charge in [0, 0.05) is 50.2 Å². The molecule has 4 heteroatoms. The third-order valence-electron chi connectivity index (χ3n) is 5.38. The van der Waals surface area contributed by atoms with E-state index in [2.05, 4.69) is 25.3 Å². The van der Waals surface area contributed by atoms with Gasteiger partial charge in [0.05, 0.1) is 12.7 Å². The third-order valence-corrected chi connectivity index (χ3v) is 5.38. The minimum Gasteiger partial charge on any atom is -0.383 e. The van der Waals surface area contributed by atoms with Crippen molar-refractivity contribution >= 4 is 0 Å². The molecule has 1 saturated carbocycles. The molecule has 20 heavy (non-hydrogen) atoms. The van der Waals surface area contributed by atoms with Gasteiger partial charge in [-0.25, -0.2) is 0 Å². The molecule has 0 aromatic carbocycles. The molecule has 0 radical (unpaired) electrons. The fraction of sp³-hybridized carbons (Fsp3) is 0.875. The lowest BCUT2D eigenvalue weighted by molar-refractivity contribution is -0.232. The van der Waals surface area contributed by atoms with Gasteiger partial charge < -0.3 is 15.2 Å². The Morgan fingerprint density at radius 2 is 2.25 bits per heavy atom. The summed E-state index contributed by atoms with van der Waals surface area (Å²) in [6.07, 6.45) is 4.60. The van der Waals surface area contributed by atoms with Gasteiger partial charge in [0.1, 0.15) is 0 Å². The fourth-order valence-corrected chi connectivity index (χ4v) is 4.00. The van der Waals surface area contributed by atoms with Gasteiger partial charge in [-0.1, -0.05) is 19.9 Å². The van der Waals surface area contributed by atoms with Gasteiger partial charge in [-0.3, -0.25) is 4.90 Å². The van der Waals surface area contributed by atoms with Gasteiger partial charge in [-0.15, -0.1) is 6.58 Å². The van der Waals surface area contributed by atoms with Crippen molar-refractivity contribution in [3.8, 4) is 0 Å². The molecule has 0 bridgehead atoms. The van der Waals surface area contributed by atoms with Crippen LogP contribution in [-0.4, -0.2) is 56.5 Å². The monoisotopic (exact) mass is 282 g/mol. The molecule has 1 aliphatic carbocycles. The molecule has 2 fully saturated rings. The number of rotatable bonds is 7. The zero-order chi connectivity index (χ0) is 14.8. The molecule has 4 nitrogen and oxygen atoms in total. The number of hydrogen-bond acceptors (Lipinski definition) is 4. The molecule has 1 saturated heterocycles. The Morgan fingerprint density at radius 3 is 2.90 bits per heavy atom. The minimum atomic E-state index is -0.172. The Balaban J connectivity index is 2.06. The van der Waals surface area contributed by atoms with Gasteiger partial charge >= 0.3 is 0 Å². The van der Waals surface area contributed by atoms with Gasteiger partial charge in [-0.05, 0) is 12.8 Å². The van der Waals surface area contributed by atoms with E-state index in [4.69, 9.17) is 15.2 Å². The SMILES string of the molecule is C=CCN(CCOC)CC1(N)C2CCCOC2C1(C)C. The van der Waals surface area contributed by atoms with E-state index in [0.717, 1.165) is 39.3 Å². The van der Waals surface area contributed by atoms with E-state index in [9.17, 15) is 0 Å². The van der Waals surface area contributed by atoms with Gasteiger partial charge in [-0.2, -0.15) is 0 Å². The minimum absolute atomic E-state index is 0.0323. The molecule has 0 aromatic rings.